The van der Waals surface area contributed by atoms with Crippen LogP contribution in [0.1, 0.15) is 11.3 Å². The van der Waals surface area contributed by atoms with Crippen molar-refractivity contribution in [2.45, 2.75) is 13.8 Å². The smallest absolute Gasteiger partial charge is 0.0796 e. The van der Waals surface area contributed by atoms with E-state index in [0.717, 1.165) is 11.0 Å². The van der Waals surface area contributed by atoms with Gasteiger partial charge in [0.25, 0.3) is 0 Å². The number of H-pyrrole nitrogens is 1. The van der Waals surface area contributed by atoms with Gasteiger partial charge in [-0.3, -0.25) is 0 Å². The highest BCUT2D eigenvalue weighted by Gasteiger charge is 2.11. The maximum absolute atomic E-state index is 4.81. The largest absolute Gasteiger partial charge is 0.365 e. The fourth-order valence-corrected chi connectivity index (χ4v) is 3.06. The first-order valence-corrected chi connectivity index (χ1v) is 6.51. The van der Waals surface area contributed by atoms with Crippen molar-refractivity contribution in [3.05, 3.63) is 53.9 Å². The van der Waals surface area contributed by atoms with Crippen LogP contribution < -0.4 is 0 Å². The topological polar surface area (TPSA) is 28.7 Å². The lowest BCUT2D eigenvalue weighted by Gasteiger charge is -2.07. The minimum absolute atomic E-state index is 1.08. The molecule has 4 rings (SSSR count). The number of fused-ring (bicyclic) bond motifs is 5. The van der Waals surface area contributed by atoms with E-state index in [4.69, 9.17) is 4.98 Å². The van der Waals surface area contributed by atoms with Gasteiger partial charge in [0.2, 0.25) is 0 Å². The number of nitrogens with zero attached hydrogens (tertiary/aromatic N) is 1. The van der Waals surface area contributed by atoms with Crippen LogP contribution in [-0.4, -0.2) is 9.97 Å². The zero-order valence-corrected chi connectivity index (χ0v) is 11.0. The third-order valence-electron chi connectivity index (χ3n) is 3.89. The Balaban J connectivity index is 2.36. The molecule has 0 aliphatic heterocycles. The second kappa shape index (κ2) is 3.58. The Labute approximate surface area is 111 Å². The van der Waals surface area contributed by atoms with E-state index >= 15 is 0 Å². The van der Waals surface area contributed by atoms with E-state index in [-0.39, 0.29) is 0 Å². The number of para-hydroxylation sites is 1. The van der Waals surface area contributed by atoms with Gasteiger partial charge in [-0.25, -0.2) is 4.98 Å². The summed E-state index contributed by atoms with van der Waals surface area (Å²) in [5.74, 6) is 0. The van der Waals surface area contributed by atoms with E-state index in [1.165, 1.54) is 32.8 Å². The maximum atomic E-state index is 4.81. The van der Waals surface area contributed by atoms with Gasteiger partial charge in [0.05, 0.1) is 11.0 Å². The van der Waals surface area contributed by atoms with Gasteiger partial charge in [0, 0.05) is 33.4 Å². The monoisotopic (exact) mass is 246 g/mol. The summed E-state index contributed by atoms with van der Waals surface area (Å²) in [4.78, 5) is 8.10. The molecule has 0 amide bonds. The van der Waals surface area contributed by atoms with E-state index in [1.807, 2.05) is 12.3 Å². The summed E-state index contributed by atoms with van der Waals surface area (Å²) < 4.78 is 0. The SMILES string of the molecule is Cc1cc2c3ccccc3nc2c2cc[nH]c(C)c12. The molecule has 2 heteroatoms. The molecule has 0 saturated carbocycles. The normalized spacial score (nSPS) is 11.7. The standard InChI is InChI=1S/C17H14N2/c1-10-9-14-12-5-3-4-6-15(12)19-17(14)13-7-8-18-11(2)16(10)13/h3-9,18H,1-2H3. The molecular weight excluding hydrogens is 232 g/mol. The van der Waals surface area contributed by atoms with Crippen LogP contribution >= 0.6 is 0 Å². The number of aromatic nitrogens is 2. The number of hydrogen-bond donors (Lipinski definition) is 1. The van der Waals surface area contributed by atoms with Crippen molar-refractivity contribution in [1.82, 2.24) is 9.97 Å². The summed E-state index contributed by atoms with van der Waals surface area (Å²) in [6.45, 7) is 4.29. The molecule has 0 aliphatic rings. The fraction of sp³-hybridized carbons (Fsp3) is 0.118. The molecule has 4 aromatic rings. The van der Waals surface area contributed by atoms with Crippen LogP contribution in [0.3, 0.4) is 0 Å². The highest BCUT2D eigenvalue weighted by Crippen LogP contribution is 2.33. The van der Waals surface area contributed by atoms with Crippen LogP contribution in [0.25, 0.3) is 32.6 Å². The number of pyridine rings is 1. The number of aromatic amines is 1. The van der Waals surface area contributed by atoms with Gasteiger partial charge in [-0.1, -0.05) is 18.2 Å². The van der Waals surface area contributed by atoms with E-state index < -0.39 is 0 Å². The van der Waals surface area contributed by atoms with Crippen molar-refractivity contribution in [1.29, 1.82) is 0 Å². The van der Waals surface area contributed by atoms with Crippen molar-refractivity contribution in [2.24, 2.45) is 0 Å². The summed E-state index contributed by atoms with van der Waals surface area (Å²) in [7, 11) is 0. The second-order valence-corrected chi connectivity index (χ2v) is 5.11. The van der Waals surface area contributed by atoms with Crippen LogP contribution in [0.5, 0.6) is 0 Å². The molecule has 0 fully saturated rings. The Morgan fingerprint density at radius 2 is 1.79 bits per heavy atom. The third kappa shape index (κ3) is 1.34. The number of nitrogens with one attached hydrogen (secondary N) is 1. The zero-order chi connectivity index (χ0) is 13.0. The Morgan fingerprint density at radius 1 is 0.947 bits per heavy atom. The van der Waals surface area contributed by atoms with Gasteiger partial charge in [-0.05, 0) is 37.6 Å². The quantitative estimate of drug-likeness (QED) is 0.486. The van der Waals surface area contributed by atoms with Crippen LogP contribution in [0.15, 0.2) is 42.6 Å². The zero-order valence-electron chi connectivity index (χ0n) is 11.0. The molecular formula is C17H14N2. The number of hydrogen-bond acceptors (Lipinski definition) is 1. The molecule has 2 aromatic heterocycles. The fourth-order valence-electron chi connectivity index (χ4n) is 3.06. The Bertz CT molecular complexity index is 932. The van der Waals surface area contributed by atoms with Crippen LogP contribution in [0.4, 0.5) is 0 Å². The number of aryl methyl sites for hydroxylation is 2. The van der Waals surface area contributed by atoms with Gasteiger partial charge < -0.3 is 4.98 Å². The van der Waals surface area contributed by atoms with Gasteiger partial charge in [-0.15, -0.1) is 0 Å². The molecule has 0 radical (unpaired) electrons. The molecule has 0 atom stereocenters. The maximum Gasteiger partial charge on any atom is 0.0796 e. The number of benzene rings is 2. The molecule has 2 aromatic carbocycles. The van der Waals surface area contributed by atoms with E-state index in [1.54, 1.807) is 0 Å². The van der Waals surface area contributed by atoms with Crippen molar-refractivity contribution < 1.29 is 0 Å². The molecule has 2 nitrogen and oxygen atoms in total. The first-order valence-electron chi connectivity index (χ1n) is 6.51. The lowest BCUT2D eigenvalue weighted by atomic mass is 10.0. The average Bonchev–Trinajstić information content (AvgIpc) is 2.78. The molecule has 2 heterocycles. The van der Waals surface area contributed by atoms with Gasteiger partial charge in [0.1, 0.15) is 0 Å². The second-order valence-electron chi connectivity index (χ2n) is 5.11. The van der Waals surface area contributed by atoms with Gasteiger partial charge >= 0.3 is 0 Å². The van der Waals surface area contributed by atoms with Crippen LogP contribution in [0, 0.1) is 13.8 Å². The molecule has 0 unspecified atom stereocenters. The predicted octanol–water partition coefficient (Wildman–Crippen LogP) is 4.49. The Kier molecular flexibility index (Phi) is 1.99. The highest BCUT2D eigenvalue weighted by molar-refractivity contribution is 6.18. The van der Waals surface area contributed by atoms with Gasteiger partial charge in [-0.2, -0.15) is 0 Å². The van der Waals surface area contributed by atoms with E-state index in [0.29, 0.717) is 0 Å². The van der Waals surface area contributed by atoms with E-state index in [9.17, 15) is 0 Å². The van der Waals surface area contributed by atoms with Gasteiger partial charge in [0.15, 0.2) is 0 Å². The lowest BCUT2D eigenvalue weighted by molar-refractivity contribution is 1.23. The molecule has 0 spiro atoms. The minimum atomic E-state index is 1.08. The van der Waals surface area contributed by atoms with E-state index in [2.05, 4.69) is 49.2 Å². The van der Waals surface area contributed by atoms with Crippen molar-refractivity contribution in [3.63, 3.8) is 0 Å². The molecule has 0 bridgehead atoms. The van der Waals surface area contributed by atoms with Crippen molar-refractivity contribution >= 4 is 32.6 Å². The molecule has 1 N–H and O–H groups in total. The first-order chi connectivity index (χ1) is 9.25. The summed E-state index contributed by atoms with van der Waals surface area (Å²) in [5, 5.41) is 5.03. The van der Waals surface area contributed by atoms with Crippen LogP contribution in [-0.2, 0) is 0 Å². The summed E-state index contributed by atoms with van der Waals surface area (Å²) in [6.07, 6.45) is 2.00. The van der Waals surface area contributed by atoms with Crippen LogP contribution in [0.2, 0.25) is 0 Å². The highest BCUT2D eigenvalue weighted by atomic mass is 14.7. The summed E-state index contributed by atoms with van der Waals surface area (Å²) >= 11 is 0. The van der Waals surface area contributed by atoms with Crippen molar-refractivity contribution in [2.75, 3.05) is 0 Å². The predicted molar refractivity (Wildman–Crippen MR) is 80.6 cm³/mol. The number of rotatable bonds is 0. The average molecular weight is 246 g/mol. The first kappa shape index (κ1) is 10.6. The lowest BCUT2D eigenvalue weighted by Crippen LogP contribution is -1.87. The minimum Gasteiger partial charge on any atom is -0.365 e. The molecule has 19 heavy (non-hydrogen) atoms. The Hall–Kier alpha value is -2.35. The summed E-state index contributed by atoms with van der Waals surface area (Å²) in [5.41, 5.74) is 4.69. The molecule has 0 saturated heterocycles. The molecule has 92 valence electrons. The third-order valence-corrected chi connectivity index (χ3v) is 3.89. The molecule has 0 aliphatic carbocycles. The Morgan fingerprint density at radius 3 is 2.68 bits per heavy atom. The van der Waals surface area contributed by atoms with Crippen molar-refractivity contribution in [3.8, 4) is 0 Å². The summed E-state index contributed by atoms with van der Waals surface area (Å²) in [6, 6.07) is 12.7.